The molecule has 1 aromatic heterocycles. The highest BCUT2D eigenvalue weighted by atomic mass is 16.3. The summed E-state index contributed by atoms with van der Waals surface area (Å²) < 4.78 is 6.27. The summed E-state index contributed by atoms with van der Waals surface area (Å²) in [4.78, 5) is 0. The van der Waals surface area contributed by atoms with Crippen LogP contribution in [0.4, 0.5) is 0 Å². The quantitative estimate of drug-likeness (QED) is 0.374. The van der Waals surface area contributed by atoms with Gasteiger partial charge in [-0.3, -0.25) is 0 Å². The molecule has 0 amide bonds. The van der Waals surface area contributed by atoms with E-state index in [-0.39, 0.29) is 5.41 Å². The van der Waals surface area contributed by atoms with Crippen molar-refractivity contribution in [3.8, 4) is 11.1 Å². The molecule has 0 unspecified atom stereocenters. The second kappa shape index (κ2) is 5.24. The van der Waals surface area contributed by atoms with E-state index in [4.69, 9.17) is 4.42 Å². The number of benzene rings is 3. The summed E-state index contributed by atoms with van der Waals surface area (Å²) in [5.74, 6) is 0. The van der Waals surface area contributed by atoms with Crippen molar-refractivity contribution in [3.63, 3.8) is 0 Å². The largest absolute Gasteiger partial charge is 0.455 e. The van der Waals surface area contributed by atoms with E-state index in [1.807, 2.05) is 0 Å². The summed E-state index contributed by atoms with van der Waals surface area (Å²) in [6, 6.07) is 21.6. The summed E-state index contributed by atoms with van der Waals surface area (Å²) >= 11 is 0. The van der Waals surface area contributed by atoms with Crippen molar-refractivity contribution in [1.29, 1.82) is 0 Å². The van der Waals surface area contributed by atoms with Gasteiger partial charge in [0.25, 0.3) is 0 Å². The van der Waals surface area contributed by atoms with Crippen molar-refractivity contribution in [3.05, 3.63) is 71.8 Å². The molecule has 120 valence electrons. The van der Waals surface area contributed by atoms with E-state index in [1.165, 1.54) is 27.5 Å². The highest BCUT2D eigenvalue weighted by molar-refractivity contribution is 6.10. The van der Waals surface area contributed by atoms with Crippen LogP contribution in [-0.2, 0) is 5.41 Å². The van der Waals surface area contributed by atoms with Crippen molar-refractivity contribution in [2.24, 2.45) is 0 Å². The number of fused-ring (bicyclic) bond motifs is 3. The van der Waals surface area contributed by atoms with Crippen LogP contribution in [0.5, 0.6) is 0 Å². The highest BCUT2D eigenvalue weighted by Gasteiger charge is 2.15. The third kappa shape index (κ3) is 2.32. The molecule has 0 radical (unpaired) electrons. The van der Waals surface area contributed by atoms with Gasteiger partial charge in [0.05, 0.1) is 0 Å². The lowest BCUT2D eigenvalue weighted by atomic mass is 9.86. The number of para-hydroxylation sites is 2. The Hall–Kier alpha value is -2.54. The van der Waals surface area contributed by atoms with E-state index in [9.17, 15) is 0 Å². The standard InChI is InChI=1S/C23H22O/c1-15-7-5-9-19-20-10-6-8-18(22(20)24-21(15)19)16-11-13-17(14-12-16)23(2,3)4/h5-14H,1-4H3. The Balaban J connectivity index is 1.94. The number of aryl methyl sites for hydroxylation is 1. The number of hydrogen-bond donors (Lipinski definition) is 0. The molecule has 4 aromatic rings. The van der Waals surface area contributed by atoms with E-state index in [2.05, 4.69) is 88.4 Å². The van der Waals surface area contributed by atoms with E-state index < -0.39 is 0 Å². The molecule has 24 heavy (non-hydrogen) atoms. The van der Waals surface area contributed by atoms with E-state index in [0.29, 0.717) is 0 Å². The molecular weight excluding hydrogens is 292 g/mol. The molecule has 3 aromatic carbocycles. The summed E-state index contributed by atoms with van der Waals surface area (Å²) in [5.41, 5.74) is 7.02. The van der Waals surface area contributed by atoms with Crippen molar-refractivity contribution in [1.82, 2.24) is 0 Å². The van der Waals surface area contributed by atoms with Gasteiger partial charge in [-0.25, -0.2) is 0 Å². The lowest BCUT2D eigenvalue weighted by Crippen LogP contribution is -2.10. The normalized spacial score (nSPS) is 12.2. The summed E-state index contributed by atoms with van der Waals surface area (Å²) in [6.45, 7) is 8.82. The van der Waals surface area contributed by atoms with Gasteiger partial charge in [-0.1, -0.05) is 81.4 Å². The van der Waals surface area contributed by atoms with Crippen LogP contribution in [0.3, 0.4) is 0 Å². The van der Waals surface area contributed by atoms with Crippen molar-refractivity contribution >= 4 is 21.9 Å². The Labute approximate surface area is 142 Å². The number of hydrogen-bond acceptors (Lipinski definition) is 1. The van der Waals surface area contributed by atoms with Gasteiger partial charge in [0.2, 0.25) is 0 Å². The van der Waals surface area contributed by atoms with Gasteiger partial charge in [0.15, 0.2) is 0 Å². The van der Waals surface area contributed by atoms with Crippen LogP contribution in [0.15, 0.2) is 65.1 Å². The molecule has 0 saturated carbocycles. The third-order valence-electron chi connectivity index (χ3n) is 4.78. The number of rotatable bonds is 1. The van der Waals surface area contributed by atoms with Crippen LogP contribution in [0.2, 0.25) is 0 Å². The predicted molar refractivity (Wildman–Crippen MR) is 103 cm³/mol. The Morgan fingerprint density at radius 2 is 1.33 bits per heavy atom. The zero-order valence-corrected chi connectivity index (χ0v) is 14.7. The zero-order valence-electron chi connectivity index (χ0n) is 14.7. The molecule has 0 bridgehead atoms. The van der Waals surface area contributed by atoms with Crippen LogP contribution in [0.25, 0.3) is 33.1 Å². The Kier molecular flexibility index (Phi) is 3.28. The van der Waals surface area contributed by atoms with Crippen LogP contribution < -0.4 is 0 Å². The van der Waals surface area contributed by atoms with Crippen LogP contribution in [0, 0.1) is 6.92 Å². The minimum absolute atomic E-state index is 0.168. The second-order valence-electron chi connectivity index (χ2n) is 7.56. The van der Waals surface area contributed by atoms with Gasteiger partial charge >= 0.3 is 0 Å². The molecule has 0 atom stereocenters. The average Bonchev–Trinajstić information content (AvgIpc) is 2.94. The first-order valence-corrected chi connectivity index (χ1v) is 8.47. The SMILES string of the molecule is Cc1cccc2c1oc1c(-c3ccc(C(C)(C)C)cc3)cccc12. The van der Waals surface area contributed by atoms with Gasteiger partial charge in [0, 0.05) is 16.3 Å². The van der Waals surface area contributed by atoms with Crippen LogP contribution in [0.1, 0.15) is 31.9 Å². The lowest BCUT2D eigenvalue weighted by molar-refractivity contribution is 0.590. The molecule has 0 aliphatic heterocycles. The number of furan rings is 1. The first-order valence-electron chi connectivity index (χ1n) is 8.47. The first-order chi connectivity index (χ1) is 11.4. The Morgan fingerprint density at radius 3 is 2.00 bits per heavy atom. The van der Waals surface area contributed by atoms with Gasteiger partial charge < -0.3 is 4.42 Å². The van der Waals surface area contributed by atoms with Gasteiger partial charge in [-0.2, -0.15) is 0 Å². The molecule has 0 aliphatic carbocycles. The van der Waals surface area contributed by atoms with Gasteiger partial charge in [-0.15, -0.1) is 0 Å². The average molecular weight is 314 g/mol. The van der Waals surface area contributed by atoms with Crippen LogP contribution >= 0.6 is 0 Å². The molecule has 0 fully saturated rings. The fourth-order valence-electron chi connectivity index (χ4n) is 3.34. The summed E-state index contributed by atoms with van der Waals surface area (Å²) in [5, 5.41) is 2.38. The Bertz CT molecular complexity index is 1030. The Morgan fingerprint density at radius 1 is 0.708 bits per heavy atom. The fourth-order valence-corrected chi connectivity index (χ4v) is 3.34. The van der Waals surface area contributed by atoms with Crippen molar-refractivity contribution in [2.75, 3.05) is 0 Å². The molecule has 0 spiro atoms. The molecule has 0 N–H and O–H groups in total. The second-order valence-corrected chi connectivity index (χ2v) is 7.56. The third-order valence-corrected chi connectivity index (χ3v) is 4.78. The minimum atomic E-state index is 0.168. The topological polar surface area (TPSA) is 13.1 Å². The zero-order chi connectivity index (χ0) is 16.9. The monoisotopic (exact) mass is 314 g/mol. The van der Waals surface area contributed by atoms with E-state index in [1.54, 1.807) is 0 Å². The maximum absolute atomic E-state index is 6.27. The van der Waals surface area contributed by atoms with Crippen molar-refractivity contribution in [2.45, 2.75) is 33.1 Å². The molecular formula is C23H22O. The van der Waals surface area contributed by atoms with Crippen LogP contribution in [-0.4, -0.2) is 0 Å². The maximum atomic E-state index is 6.27. The van der Waals surface area contributed by atoms with E-state index >= 15 is 0 Å². The lowest BCUT2D eigenvalue weighted by Gasteiger charge is -2.19. The molecule has 0 aliphatic rings. The smallest absolute Gasteiger partial charge is 0.143 e. The molecule has 1 heteroatoms. The first kappa shape index (κ1) is 15.0. The molecule has 1 nitrogen and oxygen atoms in total. The van der Waals surface area contributed by atoms with Gasteiger partial charge in [-0.05, 0) is 29.0 Å². The summed E-state index contributed by atoms with van der Waals surface area (Å²) in [6.07, 6.45) is 0. The summed E-state index contributed by atoms with van der Waals surface area (Å²) in [7, 11) is 0. The molecule has 4 rings (SSSR count). The van der Waals surface area contributed by atoms with E-state index in [0.717, 1.165) is 16.7 Å². The highest BCUT2D eigenvalue weighted by Crippen LogP contribution is 2.37. The molecule has 0 saturated heterocycles. The minimum Gasteiger partial charge on any atom is -0.455 e. The van der Waals surface area contributed by atoms with Crippen molar-refractivity contribution < 1.29 is 4.42 Å². The fraction of sp³-hybridized carbons (Fsp3) is 0.217. The maximum Gasteiger partial charge on any atom is 0.143 e. The predicted octanol–water partition coefficient (Wildman–Crippen LogP) is 6.86. The van der Waals surface area contributed by atoms with Gasteiger partial charge in [0.1, 0.15) is 11.2 Å². The molecule has 1 heterocycles.